The number of nitrogens with zero attached hydrogens (tertiary/aromatic N) is 2. The van der Waals surface area contributed by atoms with Crippen molar-refractivity contribution in [2.45, 2.75) is 25.2 Å². The molecule has 13 heteroatoms. The Morgan fingerprint density at radius 1 is 1.05 bits per heavy atom. The van der Waals surface area contributed by atoms with Gasteiger partial charge < -0.3 is 15.2 Å². The second-order valence-electron chi connectivity index (χ2n) is 8.28. The third-order valence-electron chi connectivity index (χ3n) is 5.77. The smallest absolute Gasteiger partial charge is 0.870 e. The van der Waals surface area contributed by atoms with Gasteiger partial charge in [-0.3, -0.25) is 9.35 Å². The number of amides is 1. The molecule has 2 N–H and O–H groups in total. The van der Waals surface area contributed by atoms with Gasteiger partial charge >= 0.3 is 29.6 Å². The van der Waals surface area contributed by atoms with Gasteiger partial charge in [-0.15, -0.1) is 0 Å². The van der Waals surface area contributed by atoms with Gasteiger partial charge in [0, 0.05) is 27.1 Å². The summed E-state index contributed by atoms with van der Waals surface area (Å²) < 4.78 is 38.5. The number of hydrogen-bond donors (Lipinski definition) is 2. The Hall–Kier alpha value is -2.70. The molecule has 0 aliphatic carbocycles. The number of fused-ring (bicyclic) bond motifs is 1. The van der Waals surface area contributed by atoms with Crippen molar-refractivity contribution in [2.75, 3.05) is 11.9 Å². The van der Waals surface area contributed by atoms with Crippen molar-refractivity contribution in [2.24, 2.45) is 10.2 Å². The van der Waals surface area contributed by atoms with Gasteiger partial charge in [-0.25, -0.2) is 0 Å². The van der Waals surface area contributed by atoms with E-state index >= 15 is 0 Å². The maximum absolute atomic E-state index is 13.5. The molecule has 4 rings (SSSR count). The first-order chi connectivity index (χ1) is 18.5. The van der Waals surface area contributed by atoms with E-state index in [0.29, 0.717) is 45.8 Å². The molecule has 4 aromatic rings. The summed E-state index contributed by atoms with van der Waals surface area (Å²) in [7, 11) is -4.58. The van der Waals surface area contributed by atoms with Gasteiger partial charge in [-0.2, -0.15) is 18.6 Å². The Labute approximate surface area is 263 Å². The molecule has 202 valence electrons. The van der Waals surface area contributed by atoms with E-state index in [1.807, 2.05) is 0 Å². The predicted octanol–water partition coefficient (Wildman–Crippen LogP) is 4.10. The number of rotatable bonds is 8. The SMILES string of the molecule is CCOc1cc(Cl)ccc1NC(=O)c1cc2ccccc2c(N=Nc2cc(S(=O)(=O)O)cc(Cl)c2CC)c1[O-].[Na+]. The van der Waals surface area contributed by atoms with Crippen molar-refractivity contribution in [1.82, 2.24) is 0 Å². The summed E-state index contributed by atoms with van der Waals surface area (Å²) in [6.45, 7) is 3.89. The number of hydrogen-bond acceptors (Lipinski definition) is 7. The molecule has 4 aromatic carbocycles. The van der Waals surface area contributed by atoms with Crippen LogP contribution in [0.4, 0.5) is 17.1 Å². The number of ether oxygens (including phenoxy) is 1. The van der Waals surface area contributed by atoms with Crippen molar-refractivity contribution in [1.29, 1.82) is 0 Å². The number of nitrogens with one attached hydrogen (secondary N) is 1. The van der Waals surface area contributed by atoms with Crippen LogP contribution in [0.3, 0.4) is 0 Å². The van der Waals surface area contributed by atoms with Gasteiger partial charge in [0.15, 0.2) is 0 Å². The minimum atomic E-state index is -4.58. The van der Waals surface area contributed by atoms with Crippen LogP contribution in [0.5, 0.6) is 11.5 Å². The minimum absolute atomic E-state index is 0. The molecule has 0 saturated carbocycles. The summed E-state index contributed by atoms with van der Waals surface area (Å²) in [5.41, 5.74) is 0.518. The molecule has 0 heterocycles. The molecule has 0 aliphatic rings. The number of benzene rings is 4. The van der Waals surface area contributed by atoms with E-state index in [1.165, 1.54) is 6.07 Å². The standard InChI is InChI=1S/C27H23Cl2N3O6S.Na/c1-3-18-21(29)13-17(39(35,36)37)14-23(18)31-32-25-19-8-6-5-7-15(19)11-20(26(25)33)27(34)30-22-10-9-16(28)12-24(22)38-4-2;/h5-14,33H,3-4H2,1-2H3,(H,30,34)(H,35,36,37);/q;+1/p-1. The number of halogens is 2. The van der Waals surface area contributed by atoms with E-state index in [4.69, 9.17) is 27.9 Å². The van der Waals surface area contributed by atoms with Crippen LogP contribution >= 0.6 is 23.2 Å². The average Bonchev–Trinajstić information content (AvgIpc) is 2.88. The van der Waals surface area contributed by atoms with E-state index in [-0.39, 0.29) is 51.5 Å². The largest absolute Gasteiger partial charge is 1.00 e. The molecule has 9 nitrogen and oxygen atoms in total. The van der Waals surface area contributed by atoms with Crippen molar-refractivity contribution in [3.63, 3.8) is 0 Å². The van der Waals surface area contributed by atoms with Crippen LogP contribution in [0.2, 0.25) is 10.0 Å². The van der Waals surface area contributed by atoms with Gasteiger partial charge in [0.1, 0.15) is 5.75 Å². The maximum Gasteiger partial charge on any atom is 1.00 e. The van der Waals surface area contributed by atoms with Crippen LogP contribution in [-0.4, -0.2) is 25.5 Å². The van der Waals surface area contributed by atoms with Gasteiger partial charge in [-0.05, 0) is 54.6 Å². The Kier molecular flexibility index (Phi) is 10.6. The number of carbonyl (C=O) groups is 1. The van der Waals surface area contributed by atoms with Crippen molar-refractivity contribution in [3.8, 4) is 11.5 Å². The number of anilines is 1. The second-order valence-corrected chi connectivity index (χ2v) is 10.5. The van der Waals surface area contributed by atoms with Gasteiger partial charge in [0.05, 0.1) is 28.6 Å². The van der Waals surface area contributed by atoms with Crippen LogP contribution in [-0.2, 0) is 16.5 Å². The molecule has 0 aliphatic heterocycles. The summed E-state index contributed by atoms with van der Waals surface area (Å²) in [6, 6.07) is 15.2. The van der Waals surface area contributed by atoms with Crippen molar-refractivity contribution < 1.29 is 57.2 Å². The average molecular weight is 610 g/mol. The monoisotopic (exact) mass is 609 g/mol. The molecule has 40 heavy (non-hydrogen) atoms. The Balaban J connectivity index is 0.00000441. The third-order valence-corrected chi connectivity index (χ3v) is 7.17. The van der Waals surface area contributed by atoms with Crippen LogP contribution in [0.15, 0.2) is 75.8 Å². The zero-order chi connectivity index (χ0) is 28.3. The fraction of sp³-hybridized carbons (Fsp3) is 0.148. The van der Waals surface area contributed by atoms with E-state index in [9.17, 15) is 22.9 Å². The van der Waals surface area contributed by atoms with Crippen molar-refractivity contribution in [3.05, 3.63) is 81.8 Å². The fourth-order valence-corrected chi connectivity index (χ4v) is 5.03. The zero-order valence-electron chi connectivity index (χ0n) is 21.7. The van der Waals surface area contributed by atoms with Gasteiger partial charge in [0.25, 0.3) is 16.0 Å². The van der Waals surface area contributed by atoms with Gasteiger partial charge in [0.2, 0.25) is 0 Å². The Bertz CT molecular complexity index is 1730. The summed E-state index contributed by atoms with van der Waals surface area (Å²) in [4.78, 5) is 12.8. The van der Waals surface area contributed by atoms with Crippen LogP contribution in [0, 0.1) is 0 Å². The molecular formula is C27H22Cl2N3NaO6S. The van der Waals surface area contributed by atoms with E-state index in [2.05, 4.69) is 15.5 Å². The first kappa shape index (κ1) is 31.8. The molecule has 0 unspecified atom stereocenters. The minimum Gasteiger partial charge on any atom is -0.870 e. The summed E-state index contributed by atoms with van der Waals surface area (Å²) in [6.07, 6.45) is 0.371. The maximum atomic E-state index is 13.5. The molecule has 0 spiro atoms. The number of carbonyl (C=O) groups excluding carboxylic acids is 1. The predicted molar refractivity (Wildman–Crippen MR) is 149 cm³/mol. The molecule has 0 bridgehead atoms. The van der Waals surface area contributed by atoms with E-state index in [1.54, 1.807) is 56.3 Å². The molecule has 0 fully saturated rings. The Morgan fingerprint density at radius 2 is 1.77 bits per heavy atom. The second kappa shape index (κ2) is 13.3. The van der Waals surface area contributed by atoms with E-state index in [0.717, 1.165) is 12.1 Å². The quantitative estimate of drug-likeness (QED) is 0.175. The Morgan fingerprint density at radius 3 is 2.45 bits per heavy atom. The molecule has 0 atom stereocenters. The third kappa shape index (κ3) is 6.95. The van der Waals surface area contributed by atoms with E-state index < -0.39 is 26.7 Å². The van der Waals surface area contributed by atoms with Crippen LogP contribution in [0.1, 0.15) is 29.8 Å². The number of azo groups is 1. The summed E-state index contributed by atoms with van der Waals surface area (Å²) >= 11 is 12.3. The van der Waals surface area contributed by atoms with Crippen LogP contribution in [0.25, 0.3) is 10.8 Å². The fourth-order valence-electron chi connectivity index (χ4n) is 3.93. The van der Waals surface area contributed by atoms with Crippen molar-refractivity contribution >= 4 is 67.1 Å². The van der Waals surface area contributed by atoms with Gasteiger partial charge in [-0.1, -0.05) is 60.1 Å². The van der Waals surface area contributed by atoms with Crippen LogP contribution < -0.4 is 44.7 Å². The molecule has 0 saturated heterocycles. The molecular weight excluding hydrogens is 588 g/mol. The summed E-state index contributed by atoms with van der Waals surface area (Å²) in [5.74, 6) is -1.05. The first-order valence-electron chi connectivity index (χ1n) is 11.7. The zero-order valence-corrected chi connectivity index (χ0v) is 26.1. The topological polar surface area (TPSA) is 140 Å². The molecule has 0 radical (unpaired) electrons. The first-order valence-corrected chi connectivity index (χ1v) is 13.9. The molecule has 1 amide bonds. The summed E-state index contributed by atoms with van der Waals surface area (Å²) in [5, 5.41) is 25.9. The normalized spacial score (nSPS) is 11.4. The molecule has 0 aromatic heterocycles.